The predicted molar refractivity (Wildman–Crippen MR) is 361 cm³/mol. The van der Waals surface area contributed by atoms with E-state index in [1.165, 1.54) is 60.8 Å². The van der Waals surface area contributed by atoms with Gasteiger partial charge in [0.2, 0.25) is 0 Å². The normalized spacial score (nSPS) is 27.5. The molecule has 3 aromatic rings. The second-order valence-electron chi connectivity index (χ2n) is 28.4. The minimum Gasteiger partial charge on any atom is -0.508 e. The van der Waals surface area contributed by atoms with E-state index >= 15 is 0 Å². The second kappa shape index (κ2) is 43.2. The molecule has 3 aromatic carbocycles. The third kappa shape index (κ3) is 30.0. The maximum absolute atomic E-state index is 12.6. The summed E-state index contributed by atoms with van der Waals surface area (Å²) in [4.78, 5) is 43.5. The van der Waals surface area contributed by atoms with Crippen LogP contribution in [0.2, 0.25) is 0 Å². The number of ether oxygens (including phenoxy) is 6. The average Bonchev–Trinajstić information content (AvgIpc) is 1.48. The van der Waals surface area contributed by atoms with Crippen molar-refractivity contribution in [3.8, 4) is 5.75 Å². The lowest BCUT2D eigenvalue weighted by Crippen LogP contribution is -2.58. The molecule has 1 N–H and O–H groups in total. The molecule has 10 saturated carbocycles. The van der Waals surface area contributed by atoms with Crippen LogP contribution in [0, 0.1) is 46.8 Å². The number of hydrogen-bond acceptors (Lipinski definition) is 23. The predicted octanol–water partition coefficient (Wildman–Crippen LogP) is 12.3. The van der Waals surface area contributed by atoms with E-state index in [0.29, 0.717) is 48.0 Å². The molecular formula is C70H96F8O23S4. The summed E-state index contributed by atoms with van der Waals surface area (Å²) < 4.78 is 229. The summed E-state index contributed by atoms with van der Waals surface area (Å²) in [5.74, 6) is -1.37. The smallest absolute Gasteiger partial charge is 0.425 e. The molecule has 0 aromatic heterocycles. The lowest BCUT2D eigenvalue weighted by molar-refractivity contribution is -0.183. The number of phenols is 1. The number of rotatable bonds is 17. The van der Waals surface area contributed by atoms with Crippen molar-refractivity contribution in [3.63, 3.8) is 0 Å². The van der Waals surface area contributed by atoms with Crippen molar-refractivity contribution in [1.29, 1.82) is 0 Å². The number of halogens is 8. The first-order chi connectivity index (χ1) is 47.8. The van der Waals surface area contributed by atoms with Crippen molar-refractivity contribution in [2.45, 2.75) is 218 Å². The fourth-order valence-electron chi connectivity index (χ4n) is 17.7. The van der Waals surface area contributed by atoms with E-state index in [4.69, 9.17) is 69.5 Å². The van der Waals surface area contributed by atoms with Crippen LogP contribution in [0.15, 0.2) is 78.9 Å². The maximum atomic E-state index is 12.6. The highest BCUT2D eigenvalue weighted by Crippen LogP contribution is 2.66. The van der Waals surface area contributed by atoms with Gasteiger partial charge in [0.15, 0.2) is 0 Å². The molecule has 0 radical (unpaired) electrons. The molecule has 11 aliphatic rings. The van der Waals surface area contributed by atoms with Gasteiger partial charge >= 0.3 is 92.0 Å². The lowest BCUT2D eigenvalue weighted by atomic mass is 9.43. The molecule has 105 heavy (non-hydrogen) atoms. The molecule has 10 aliphatic carbocycles. The highest BCUT2D eigenvalue weighted by molar-refractivity contribution is 7.59. The van der Waals surface area contributed by atoms with Gasteiger partial charge in [-0.3, -0.25) is 0 Å². The van der Waals surface area contributed by atoms with Gasteiger partial charge < -0.3 is 33.5 Å². The first-order valence-corrected chi connectivity index (χ1v) is 36.9. The number of benzene rings is 3. The standard InChI is InChI=1S/C23H30F2O2.C20H24F2O3.C16H18F2O3.C8H12F2O3.3CH4.4O3S/c1-21(2,3)17-4-6-18(7-5-17)23-11-15-8-16(12-23)10-22(9-15,13-23)14-27-20(26)19(24)25;21-17(22)18(23)24-6-7-25-20-11-14-8-15(12-20)10-19(9-14,13-20)16-4-2-1-3-5-16;17-15(18)16(20)21-8-11-5-9-6-13(14(11)7-9)10-1-3-12(19)4-2-10;9-7(10)8(11)13-5-6-3-1-2-4-12-6;;;;4*1-4(2)3/h4-7,15-16,19H,8-14H2,1-3H3;1-5,14-15,17H,6-13H2;1-4,9,11,13-15,19H,5-8H2;6-7H,1-5H2;3*1H4;;;;. The Hall–Kier alpha value is -6.82. The summed E-state index contributed by atoms with van der Waals surface area (Å²) >= 11 is 0. The minimum atomic E-state index is -3.11. The zero-order chi connectivity index (χ0) is 75.9. The molecule has 1 heterocycles. The fraction of sp³-hybridized carbons (Fsp3) is 0.686. The van der Waals surface area contributed by atoms with Gasteiger partial charge in [0.05, 0.1) is 31.5 Å². The molecule has 9 unspecified atom stereocenters. The Bertz CT molecular complexity index is 3550. The van der Waals surface area contributed by atoms with E-state index in [2.05, 4.69) is 78.8 Å². The average molecular weight is 1590 g/mol. The summed E-state index contributed by atoms with van der Waals surface area (Å²) in [5.41, 5.74) is 5.43. The summed E-state index contributed by atoms with van der Waals surface area (Å²) in [6.07, 6.45) is 6.88. The van der Waals surface area contributed by atoms with Crippen molar-refractivity contribution < 1.29 is 138 Å². The number of alkyl halides is 8. The van der Waals surface area contributed by atoms with Crippen molar-refractivity contribution in [1.82, 2.24) is 0 Å². The molecule has 1 saturated heterocycles. The maximum Gasteiger partial charge on any atom is 0.425 e. The summed E-state index contributed by atoms with van der Waals surface area (Å²) in [6.45, 7) is 7.59. The van der Waals surface area contributed by atoms with E-state index in [0.717, 1.165) is 77.0 Å². The Morgan fingerprint density at radius 3 is 1.38 bits per heavy atom. The number of hydrogen-bond donors (Lipinski definition) is 1. The number of carbonyl (C=O) groups is 4. The molecular weight excluding hydrogens is 1490 g/mol. The fourth-order valence-corrected chi connectivity index (χ4v) is 17.7. The van der Waals surface area contributed by atoms with Gasteiger partial charge in [0.25, 0.3) is 0 Å². The van der Waals surface area contributed by atoms with E-state index < -0.39 is 92.0 Å². The van der Waals surface area contributed by atoms with Crippen molar-refractivity contribution in [2.75, 3.05) is 39.6 Å². The monoisotopic (exact) mass is 1580 g/mol. The van der Waals surface area contributed by atoms with E-state index in [-0.39, 0.29) is 100 Å². The van der Waals surface area contributed by atoms with Gasteiger partial charge in [-0.1, -0.05) is 110 Å². The number of esters is 4. The highest BCUT2D eigenvalue weighted by Gasteiger charge is 2.60. The molecule has 23 nitrogen and oxygen atoms in total. The Labute approximate surface area is 613 Å². The van der Waals surface area contributed by atoms with Crippen molar-refractivity contribution in [3.05, 3.63) is 101 Å². The Balaban J connectivity index is 0.000000448. The van der Waals surface area contributed by atoms with Crippen LogP contribution in [-0.4, -0.2) is 157 Å². The quantitative estimate of drug-likeness (QED) is 0.0567. The number of carbonyl (C=O) groups excluding carboxylic acids is 4. The van der Waals surface area contributed by atoms with Gasteiger partial charge in [-0.2, -0.15) is 35.1 Å². The molecule has 594 valence electrons. The van der Waals surface area contributed by atoms with Crippen LogP contribution in [-0.2, 0) is 106 Å². The van der Waals surface area contributed by atoms with Crippen LogP contribution >= 0.6 is 0 Å². The number of phenolic OH excluding ortho intramolecular Hbond substituents is 1. The number of fused-ring (bicyclic) bond motifs is 2. The van der Waals surface area contributed by atoms with E-state index in [1.807, 2.05) is 18.2 Å². The summed E-state index contributed by atoms with van der Waals surface area (Å²) in [6, 6.07) is 27.0. The molecule has 10 bridgehead atoms. The van der Waals surface area contributed by atoms with Crippen LogP contribution in [0.1, 0.15) is 187 Å². The SMILES string of the molecule is C.C.C.CC(C)(C)c1ccc(C23CC4CC(CC(COC(=O)C(F)F)(C4)C2)C3)cc1.O=C(OCC1CC2CC(c3ccc(O)cc3)C1C2)C(F)F.O=C(OCC1CCCCO1)C(F)F.O=C(OCCOC12CC3CC(C1)CC(c1ccccc1)(C3)C2)C(F)F.O=S(=O)=O.O=S(=O)=O.O=S(=O)=O.O=S(=O)=O. The third-order valence-electron chi connectivity index (χ3n) is 20.3. The van der Waals surface area contributed by atoms with Crippen molar-refractivity contribution >= 4 is 66.3 Å². The lowest BCUT2D eigenvalue weighted by Gasteiger charge is -2.62. The third-order valence-corrected chi connectivity index (χ3v) is 20.3. The number of aromatic hydroxyl groups is 1. The molecule has 0 amide bonds. The Morgan fingerprint density at radius 1 is 0.495 bits per heavy atom. The van der Waals surface area contributed by atoms with Crippen LogP contribution < -0.4 is 0 Å². The molecule has 0 spiro atoms. The molecule has 9 atom stereocenters. The van der Waals surface area contributed by atoms with Crippen LogP contribution in [0.3, 0.4) is 0 Å². The van der Waals surface area contributed by atoms with Gasteiger partial charge in [-0.25, -0.2) is 19.2 Å². The van der Waals surface area contributed by atoms with Gasteiger partial charge in [0, 0.05) is 12.0 Å². The van der Waals surface area contributed by atoms with Crippen LogP contribution in [0.4, 0.5) is 35.1 Å². The Kier molecular flexibility index (Phi) is 38.8. The minimum absolute atomic E-state index is 0. The first kappa shape index (κ1) is 94.3. The summed E-state index contributed by atoms with van der Waals surface area (Å²) in [5, 5.41) is 9.35. The van der Waals surface area contributed by atoms with E-state index in [1.54, 1.807) is 12.1 Å². The molecule has 14 rings (SSSR count). The van der Waals surface area contributed by atoms with E-state index in [9.17, 15) is 59.4 Å². The molecule has 11 fully saturated rings. The zero-order valence-electron chi connectivity index (χ0n) is 56.1. The summed E-state index contributed by atoms with van der Waals surface area (Å²) in [7, 11) is -12.4. The topological polar surface area (TPSA) is 349 Å². The second-order valence-corrected chi connectivity index (χ2v) is 30.1. The van der Waals surface area contributed by atoms with Gasteiger partial charge in [-0.05, 0) is 214 Å². The van der Waals surface area contributed by atoms with Crippen molar-refractivity contribution in [2.24, 2.45) is 46.8 Å². The molecule has 1 aliphatic heterocycles. The highest BCUT2D eigenvalue weighted by atomic mass is 32.2. The first-order valence-electron chi connectivity index (χ1n) is 32.9. The zero-order valence-corrected chi connectivity index (χ0v) is 59.3. The molecule has 35 heteroatoms. The Morgan fingerprint density at radius 2 is 0.933 bits per heavy atom. The largest absolute Gasteiger partial charge is 0.508 e. The van der Waals surface area contributed by atoms with Gasteiger partial charge in [-0.15, -0.1) is 50.5 Å². The van der Waals surface area contributed by atoms with Gasteiger partial charge in [0.1, 0.15) is 19.0 Å². The van der Waals surface area contributed by atoms with Crippen LogP contribution in [0.25, 0.3) is 0 Å². The van der Waals surface area contributed by atoms with Crippen LogP contribution in [0.5, 0.6) is 5.75 Å².